The van der Waals surface area contributed by atoms with Crippen LogP contribution in [0.15, 0.2) is 23.1 Å². The van der Waals surface area contributed by atoms with Crippen molar-refractivity contribution in [3.63, 3.8) is 0 Å². The van der Waals surface area contributed by atoms with Crippen molar-refractivity contribution in [3.05, 3.63) is 23.8 Å². The number of rotatable bonds is 6. The average Bonchev–Trinajstić information content (AvgIpc) is 2.29. The molecule has 0 unspecified atom stereocenters. The van der Waals surface area contributed by atoms with Crippen molar-refractivity contribution < 1.29 is 14.6 Å². The molecule has 0 atom stereocenters. The van der Waals surface area contributed by atoms with Gasteiger partial charge in [-0.1, -0.05) is 13.0 Å². The van der Waals surface area contributed by atoms with Crippen LogP contribution in [0.2, 0.25) is 0 Å². The summed E-state index contributed by atoms with van der Waals surface area (Å²) in [5.41, 5.74) is 0.219. The molecule has 90 valence electrons. The van der Waals surface area contributed by atoms with Crippen molar-refractivity contribution in [3.8, 4) is 18.1 Å². The van der Waals surface area contributed by atoms with Crippen molar-refractivity contribution >= 4 is 17.7 Å². The zero-order valence-corrected chi connectivity index (χ0v) is 10.4. The summed E-state index contributed by atoms with van der Waals surface area (Å²) in [6.45, 7) is 2.30. The highest BCUT2D eigenvalue weighted by Crippen LogP contribution is 2.30. The molecule has 0 radical (unpaired) electrons. The van der Waals surface area contributed by atoms with Gasteiger partial charge in [-0.25, -0.2) is 4.79 Å². The molecule has 0 saturated carbocycles. The van der Waals surface area contributed by atoms with E-state index in [9.17, 15) is 9.90 Å². The van der Waals surface area contributed by atoms with Crippen molar-refractivity contribution in [2.75, 3.05) is 12.4 Å². The summed E-state index contributed by atoms with van der Waals surface area (Å²) in [7, 11) is 0. The van der Waals surface area contributed by atoms with Gasteiger partial charge in [0.25, 0.3) is 0 Å². The molecule has 0 aliphatic rings. The maximum Gasteiger partial charge on any atom is 0.340 e. The van der Waals surface area contributed by atoms with Crippen molar-refractivity contribution in [1.29, 1.82) is 0 Å². The molecule has 4 heteroatoms. The third-order valence-corrected chi connectivity index (χ3v) is 2.95. The predicted octanol–water partition coefficient (Wildman–Crippen LogP) is 2.90. The summed E-state index contributed by atoms with van der Waals surface area (Å²) >= 11 is 1.48. The fraction of sp³-hybridized carbons (Fsp3) is 0.308. The van der Waals surface area contributed by atoms with E-state index in [0.29, 0.717) is 18.8 Å². The van der Waals surface area contributed by atoms with Crippen LogP contribution in [0.1, 0.15) is 23.7 Å². The van der Waals surface area contributed by atoms with Crippen LogP contribution in [-0.2, 0) is 0 Å². The quantitative estimate of drug-likeness (QED) is 0.479. The van der Waals surface area contributed by atoms with Gasteiger partial charge in [0.05, 0.1) is 6.61 Å². The third kappa shape index (κ3) is 3.72. The summed E-state index contributed by atoms with van der Waals surface area (Å²) in [5.74, 6) is 2.67. The lowest BCUT2D eigenvalue weighted by Gasteiger charge is -2.11. The first-order valence-corrected chi connectivity index (χ1v) is 6.24. The molecule has 0 fully saturated rings. The number of thioether (sulfide) groups is 1. The number of carboxylic acids is 1. The Kier molecular flexibility index (Phi) is 5.44. The Morgan fingerprint density at radius 1 is 1.59 bits per heavy atom. The van der Waals surface area contributed by atoms with Crippen LogP contribution in [0, 0.1) is 12.3 Å². The number of carbonyl (C=O) groups is 1. The molecule has 0 bridgehead atoms. The standard InChI is InChI=1S/C13H14O3S/c1-3-5-9-16-10-7-6-8-11(17-4-2)12(10)13(14)15/h1,6-8H,4-5,9H2,2H3,(H,14,15). The van der Waals surface area contributed by atoms with Gasteiger partial charge < -0.3 is 9.84 Å². The van der Waals surface area contributed by atoms with E-state index >= 15 is 0 Å². The summed E-state index contributed by atoms with van der Waals surface area (Å²) in [4.78, 5) is 11.9. The first-order chi connectivity index (χ1) is 8.20. The Morgan fingerprint density at radius 2 is 2.35 bits per heavy atom. The highest BCUT2D eigenvalue weighted by molar-refractivity contribution is 7.99. The van der Waals surface area contributed by atoms with Gasteiger partial charge >= 0.3 is 5.97 Å². The van der Waals surface area contributed by atoms with Gasteiger partial charge in [-0.2, -0.15) is 0 Å². The Bertz CT molecular complexity index is 435. The lowest BCUT2D eigenvalue weighted by molar-refractivity contribution is 0.0688. The van der Waals surface area contributed by atoms with Crippen molar-refractivity contribution in [2.45, 2.75) is 18.2 Å². The lowest BCUT2D eigenvalue weighted by Crippen LogP contribution is -2.05. The first-order valence-electron chi connectivity index (χ1n) is 5.26. The van der Waals surface area contributed by atoms with Gasteiger partial charge in [0.1, 0.15) is 11.3 Å². The van der Waals surface area contributed by atoms with Gasteiger partial charge in [-0.15, -0.1) is 24.1 Å². The van der Waals surface area contributed by atoms with Crippen LogP contribution >= 0.6 is 11.8 Å². The van der Waals surface area contributed by atoms with E-state index in [1.54, 1.807) is 18.2 Å². The van der Waals surface area contributed by atoms with Crippen molar-refractivity contribution in [2.24, 2.45) is 0 Å². The maximum absolute atomic E-state index is 11.2. The van der Waals surface area contributed by atoms with E-state index in [0.717, 1.165) is 10.6 Å². The molecule has 0 saturated heterocycles. The van der Waals surface area contributed by atoms with Gasteiger partial charge in [0, 0.05) is 11.3 Å². The Labute approximate surface area is 105 Å². The van der Waals surface area contributed by atoms with E-state index in [-0.39, 0.29) is 5.56 Å². The molecule has 3 nitrogen and oxygen atoms in total. The van der Waals surface area contributed by atoms with Crippen LogP contribution in [0.5, 0.6) is 5.75 Å². The molecule has 1 aromatic rings. The Morgan fingerprint density at radius 3 is 2.94 bits per heavy atom. The summed E-state index contributed by atoms with van der Waals surface area (Å²) in [6.07, 6.45) is 5.58. The molecule has 1 N–H and O–H groups in total. The van der Waals surface area contributed by atoms with E-state index in [4.69, 9.17) is 11.2 Å². The van der Waals surface area contributed by atoms with Gasteiger partial charge in [-0.3, -0.25) is 0 Å². The minimum absolute atomic E-state index is 0.219. The number of carboxylic acid groups (broad SMARTS) is 1. The van der Waals surface area contributed by atoms with Crippen molar-refractivity contribution in [1.82, 2.24) is 0 Å². The highest BCUT2D eigenvalue weighted by atomic mass is 32.2. The summed E-state index contributed by atoms with van der Waals surface area (Å²) in [5, 5.41) is 9.20. The highest BCUT2D eigenvalue weighted by Gasteiger charge is 2.16. The predicted molar refractivity (Wildman–Crippen MR) is 68.7 cm³/mol. The Balaban J connectivity index is 2.99. The molecule has 0 spiro atoms. The Hall–Kier alpha value is -1.60. The normalized spacial score (nSPS) is 9.65. The van der Waals surface area contributed by atoms with Gasteiger partial charge in [-0.05, 0) is 17.9 Å². The molecule has 0 amide bonds. The van der Waals surface area contributed by atoms with Crippen LogP contribution < -0.4 is 4.74 Å². The lowest BCUT2D eigenvalue weighted by atomic mass is 10.2. The molecular formula is C13H14O3S. The number of benzene rings is 1. The second-order valence-corrected chi connectivity index (χ2v) is 4.48. The van der Waals surface area contributed by atoms with E-state index in [2.05, 4.69) is 5.92 Å². The van der Waals surface area contributed by atoms with E-state index < -0.39 is 5.97 Å². The zero-order chi connectivity index (χ0) is 12.7. The van der Waals surface area contributed by atoms with Crippen LogP contribution in [0.4, 0.5) is 0 Å². The number of hydrogen-bond acceptors (Lipinski definition) is 3. The zero-order valence-electron chi connectivity index (χ0n) is 9.60. The summed E-state index contributed by atoms with van der Waals surface area (Å²) < 4.78 is 5.39. The minimum Gasteiger partial charge on any atom is -0.492 e. The third-order valence-electron chi connectivity index (χ3n) is 2.01. The number of hydrogen-bond donors (Lipinski definition) is 1. The monoisotopic (exact) mass is 250 g/mol. The van der Waals surface area contributed by atoms with Crippen LogP contribution in [-0.4, -0.2) is 23.4 Å². The van der Waals surface area contributed by atoms with Crippen LogP contribution in [0.25, 0.3) is 0 Å². The van der Waals surface area contributed by atoms with Gasteiger partial charge in [0.2, 0.25) is 0 Å². The molecular weight excluding hydrogens is 236 g/mol. The summed E-state index contributed by atoms with van der Waals surface area (Å²) in [6, 6.07) is 5.22. The number of aromatic carboxylic acids is 1. The number of ether oxygens (including phenoxy) is 1. The average molecular weight is 250 g/mol. The molecule has 1 rings (SSSR count). The fourth-order valence-corrected chi connectivity index (χ4v) is 2.16. The molecule has 1 aromatic carbocycles. The fourth-order valence-electron chi connectivity index (χ4n) is 1.34. The maximum atomic E-state index is 11.2. The second-order valence-electron chi connectivity index (χ2n) is 3.17. The van der Waals surface area contributed by atoms with Gasteiger partial charge in [0.15, 0.2) is 0 Å². The largest absolute Gasteiger partial charge is 0.492 e. The first kappa shape index (κ1) is 13.5. The van der Waals surface area contributed by atoms with Crippen LogP contribution in [0.3, 0.4) is 0 Å². The molecule has 0 aromatic heterocycles. The SMILES string of the molecule is C#CCCOc1cccc(SCC)c1C(=O)O. The molecule has 0 aliphatic heterocycles. The molecule has 17 heavy (non-hydrogen) atoms. The molecule has 0 heterocycles. The topological polar surface area (TPSA) is 46.5 Å². The number of terminal acetylenes is 1. The smallest absolute Gasteiger partial charge is 0.340 e. The van der Waals surface area contributed by atoms with E-state index in [1.807, 2.05) is 6.92 Å². The minimum atomic E-state index is -0.975. The molecule has 0 aliphatic carbocycles. The second kappa shape index (κ2) is 6.87. The van der Waals surface area contributed by atoms with E-state index in [1.165, 1.54) is 11.8 Å².